The van der Waals surface area contributed by atoms with Crippen molar-refractivity contribution in [2.75, 3.05) is 6.54 Å². The van der Waals surface area contributed by atoms with Gasteiger partial charge in [0.15, 0.2) is 9.84 Å². The molecule has 0 radical (unpaired) electrons. The summed E-state index contributed by atoms with van der Waals surface area (Å²) in [5, 5.41) is 6.89. The van der Waals surface area contributed by atoms with Crippen LogP contribution in [0.15, 0.2) is 47.4 Å². The van der Waals surface area contributed by atoms with Crippen molar-refractivity contribution in [2.24, 2.45) is 5.92 Å². The average Bonchev–Trinajstić information content (AvgIpc) is 2.99. The number of benzene rings is 2. The van der Waals surface area contributed by atoms with Gasteiger partial charge < -0.3 is 10.0 Å². The molecule has 2 aliphatic carbocycles. The minimum absolute atomic E-state index is 0.0698. The second-order valence-electron chi connectivity index (χ2n) is 11.5. The molecular weight excluding hydrogens is 638 g/mol. The van der Waals surface area contributed by atoms with E-state index in [1.54, 1.807) is 0 Å². The summed E-state index contributed by atoms with van der Waals surface area (Å²) in [5.41, 5.74) is -7.61. The number of hydrogen-bond acceptors (Lipinski definition) is 4. The van der Waals surface area contributed by atoms with E-state index in [1.807, 2.05) is 0 Å². The Kier molecular flexibility index (Phi) is 9.64. The topological polar surface area (TPSA) is 91.8 Å². The van der Waals surface area contributed by atoms with Crippen LogP contribution in [-0.2, 0) is 36.3 Å². The lowest BCUT2D eigenvalue weighted by Gasteiger charge is -2.53. The smallest absolute Gasteiger partial charge is 0.435 e. The van der Waals surface area contributed by atoms with E-state index in [4.69, 9.17) is 9.90 Å². The molecule has 2 unspecified atom stereocenters. The molecule has 2 fully saturated rings. The Morgan fingerprint density at radius 3 is 2.02 bits per heavy atom. The van der Waals surface area contributed by atoms with Crippen LogP contribution in [0.3, 0.4) is 0 Å². The number of carbonyl (C=O) groups excluding carboxylic acids is 1. The fraction of sp³-hybridized carbons (Fsp3) is 0.533. The Labute approximate surface area is 254 Å². The van der Waals surface area contributed by atoms with Gasteiger partial charge in [0.05, 0.1) is 10.9 Å². The maximum Gasteiger partial charge on any atom is 0.435 e. The molecule has 1 saturated carbocycles. The zero-order chi connectivity index (χ0) is 33.4. The summed E-state index contributed by atoms with van der Waals surface area (Å²) < 4.78 is 137. The van der Waals surface area contributed by atoms with Crippen LogP contribution in [-0.4, -0.2) is 55.7 Å². The fourth-order valence-electron chi connectivity index (χ4n) is 7.13. The molecule has 1 aliphatic heterocycles. The number of alkyl halides is 7. The van der Waals surface area contributed by atoms with Gasteiger partial charge in [-0.1, -0.05) is 37.5 Å². The van der Waals surface area contributed by atoms with Gasteiger partial charge in [-0.05, 0) is 73.9 Å². The van der Waals surface area contributed by atoms with Gasteiger partial charge in [0.25, 0.3) is 6.47 Å². The third-order valence-electron chi connectivity index (χ3n) is 9.13. The zero-order valence-corrected chi connectivity index (χ0v) is 24.6. The number of hydrogen-bond donors (Lipinski definition) is 1. The van der Waals surface area contributed by atoms with E-state index < -0.39 is 50.0 Å². The van der Waals surface area contributed by atoms with Crippen LogP contribution in [0.4, 0.5) is 35.1 Å². The molecule has 5 rings (SSSR count). The minimum atomic E-state index is -6.33. The summed E-state index contributed by atoms with van der Waals surface area (Å²) in [6, 6.07) is 4.60. The van der Waals surface area contributed by atoms with Crippen molar-refractivity contribution in [3.05, 3.63) is 65.0 Å². The van der Waals surface area contributed by atoms with E-state index >= 15 is 0 Å². The standard InChI is InChI=1S/C29H29F8NO3S.CH2O2/c30-21-9-11-22(12-10-21)42(40,41)26-15-4-16-38(25(39)18-5-2-1-3-6-18)24(26)14-7-19-17-20(8-13-23(19)26)27(31,28(32,33)34)29(35,36)37;2-1-3/h8-13,17-18,24H,1-7,14-16H2;1H,(H,2,3). The van der Waals surface area contributed by atoms with Crippen molar-refractivity contribution in [2.45, 2.75) is 91.5 Å². The Morgan fingerprint density at radius 1 is 0.889 bits per heavy atom. The number of aryl methyl sites for hydroxylation is 1. The number of likely N-dealkylation sites (tertiary alicyclic amines) is 1. The largest absolute Gasteiger partial charge is 0.483 e. The second-order valence-corrected chi connectivity index (χ2v) is 13.7. The number of piperidine rings is 1. The van der Waals surface area contributed by atoms with E-state index in [0.29, 0.717) is 25.0 Å². The monoisotopic (exact) mass is 669 g/mol. The number of sulfone groups is 1. The molecule has 1 amide bonds. The molecule has 2 atom stereocenters. The lowest BCUT2D eigenvalue weighted by Crippen LogP contribution is -2.62. The molecule has 248 valence electrons. The Morgan fingerprint density at radius 2 is 1.47 bits per heavy atom. The minimum Gasteiger partial charge on any atom is -0.483 e. The molecule has 2 aromatic carbocycles. The van der Waals surface area contributed by atoms with Gasteiger partial charge in [0, 0.05) is 18.0 Å². The predicted molar refractivity (Wildman–Crippen MR) is 145 cm³/mol. The Balaban J connectivity index is 0.00000148. The third-order valence-corrected chi connectivity index (χ3v) is 11.7. The summed E-state index contributed by atoms with van der Waals surface area (Å²) in [6.07, 6.45) is -8.90. The quantitative estimate of drug-likeness (QED) is 0.215. The molecule has 0 bridgehead atoms. The van der Waals surface area contributed by atoms with E-state index in [1.165, 1.54) is 4.90 Å². The lowest BCUT2D eigenvalue weighted by molar-refractivity contribution is -0.348. The number of amides is 1. The van der Waals surface area contributed by atoms with Crippen LogP contribution in [0.5, 0.6) is 0 Å². The van der Waals surface area contributed by atoms with Crippen molar-refractivity contribution < 1.29 is 58.2 Å². The normalized spacial score (nSPS) is 22.8. The maximum absolute atomic E-state index is 15.0. The molecule has 15 heteroatoms. The number of nitrogens with zero attached hydrogens (tertiary/aromatic N) is 1. The van der Waals surface area contributed by atoms with Crippen molar-refractivity contribution in [1.82, 2.24) is 4.90 Å². The molecule has 2 aromatic rings. The van der Waals surface area contributed by atoms with Gasteiger partial charge in [0.2, 0.25) is 5.91 Å². The lowest BCUT2D eigenvalue weighted by atomic mass is 9.72. The predicted octanol–water partition coefficient (Wildman–Crippen LogP) is 7.00. The van der Waals surface area contributed by atoms with E-state index in [2.05, 4.69) is 0 Å². The summed E-state index contributed by atoms with van der Waals surface area (Å²) in [5.74, 6) is -1.26. The molecule has 6 nitrogen and oxygen atoms in total. The van der Waals surface area contributed by atoms with Gasteiger partial charge >= 0.3 is 18.0 Å². The zero-order valence-electron chi connectivity index (χ0n) is 23.8. The maximum atomic E-state index is 15.0. The van der Waals surface area contributed by atoms with Crippen LogP contribution in [0.1, 0.15) is 68.1 Å². The van der Waals surface area contributed by atoms with Crippen LogP contribution in [0.25, 0.3) is 0 Å². The third kappa shape index (κ3) is 5.80. The summed E-state index contributed by atoms with van der Waals surface area (Å²) in [6.45, 7) is -0.0101. The van der Waals surface area contributed by atoms with Crippen molar-refractivity contribution >= 4 is 22.2 Å². The van der Waals surface area contributed by atoms with Crippen LogP contribution >= 0.6 is 0 Å². The highest BCUT2D eigenvalue weighted by molar-refractivity contribution is 7.92. The van der Waals surface area contributed by atoms with Crippen LogP contribution < -0.4 is 0 Å². The Hall–Kier alpha value is -3.23. The van der Waals surface area contributed by atoms with Gasteiger partial charge in [0.1, 0.15) is 10.6 Å². The van der Waals surface area contributed by atoms with E-state index in [-0.39, 0.29) is 66.5 Å². The average molecular weight is 670 g/mol. The number of rotatable bonds is 4. The number of carboxylic acid groups (broad SMARTS) is 1. The van der Waals surface area contributed by atoms with Gasteiger partial charge in [-0.15, -0.1) is 0 Å². The number of halogens is 8. The second kappa shape index (κ2) is 12.5. The van der Waals surface area contributed by atoms with Gasteiger partial charge in [-0.25, -0.2) is 17.2 Å². The van der Waals surface area contributed by atoms with Crippen molar-refractivity contribution in [1.29, 1.82) is 0 Å². The molecule has 1 saturated heterocycles. The molecule has 0 aromatic heterocycles. The van der Waals surface area contributed by atoms with Crippen molar-refractivity contribution in [3.63, 3.8) is 0 Å². The molecule has 1 heterocycles. The highest BCUT2D eigenvalue weighted by Crippen LogP contribution is 2.56. The van der Waals surface area contributed by atoms with Crippen molar-refractivity contribution in [3.8, 4) is 0 Å². The fourth-order valence-corrected chi connectivity index (χ4v) is 9.55. The van der Waals surface area contributed by atoms with Gasteiger partial charge in [-0.3, -0.25) is 9.59 Å². The highest BCUT2D eigenvalue weighted by Gasteiger charge is 2.73. The molecule has 45 heavy (non-hydrogen) atoms. The first-order valence-corrected chi connectivity index (χ1v) is 15.8. The Bertz CT molecular complexity index is 1490. The first kappa shape index (κ1) is 34.6. The van der Waals surface area contributed by atoms with E-state index in [9.17, 15) is 48.3 Å². The summed E-state index contributed by atoms with van der Waals surface area (Å²) in [7, 11) is -4.51. The molecular formula is C30H31F8NO5S. The van der Waals surface area contributed by atoms with Gasteiger partial charge in [-0.2, -0.15) is 26.3 Å². The summed E-state index contributed by atoms with van der Waals surface area (Å²) >= 11 is 0. The van der Waals surface area contributed by atoms with Crippen LogP contribution in [0.2, 0.25) is 0 Å². The highest BCUT2D eigenvalue weighted by atomic mass is 32.2. The first-order valence-electron chi connectivity index (χ1n) is 14.3. The molecule has 3 aliphatic rings. The molecule has 1 N–H and O–H groups in total. The SMILES string of the molecule is O=C(C1CCCCC1)N1CCCC2(S(=O)(=O)c3ccc(F)cc3)c3ccc(C(F)(C(F)(F)F)C(F)(F)F)cc3CCC12.O=CO. The number of fused-ring (bicyclic) bond motifs is 3. The van der Waals surface area contributed by atoms with Crippen LogP contribution in [0, 0.1) is 11.7 Å². The first-order chi connectivity index (χ1) is 21.0. The van der Waals surface area contributed by atoms with E-state index in [0.717, 1.165) is 49.6 Å². The molecule has 0 spiro atoms. The summed E-state index contributed by atoms with van der Waals surface area (Å²) in [4.78, 5) is 23.3. The number of carbonyl (C=O) groups is 2.